The molecule has 192 valence electrons. The highest BCUT2D eigenvalue weighted by Crippen LogP contribution is 2.47. The number of rotatable bonds is 2. The van der Waals surface area contributed by atoms with Crippen LogP contribution in [0.15, 0.2) is 94.9 Å². The summed E-state index contributed by atoms with van der Waals surface area (Å²) in [6.45, 7) is 6.10. The van der Waals surface area contributed by atoms with E-state index in [9.17, 15) is 0 Å². The van der Waals surface area contributed by atoms with Crippen molar-refractivity contribution in [3.8, 4) is 23.0 Å². The van der Waals surface area contributed by atoms with Crippen molar-refractivity contribution >= 4 is 55.0 Å². The molecule has 9 rings (SSSR count). The van der Waals surface area contributed by atoms with Crippen LogP contribution in [0.25, 0.3) is 43.6 Å². The summed E-state index contributed by atoms with van der Waals surface area (Å²) in [7, 11) is 0. The summed E-state index contributed by atoms with van der Waals surface area (Å²) in [5.41, 5.74) is 6.33. The summed E-state index contributed by atoms with van der Waals surface area (Å²) in [5, 5.41) is 6.01. The average Bonchev–Trinajstić information content (AvgIpc) is 3.50. The Morgan fingerprint density at radius 3 is 1.45 bits per heavy atom. The summed E-state index contributed by atoms with van der Waals surface area (Å²) >= 11 is 0. The number of fused-ring (bicyclic) bond motifs is 12. The molecule has 0 atom stereocenters. The van der Waals surface area contributed by atoms with Crippen LogP contribution in [-0.2, 0) is 13.1 Å². The summed E-state index contributed by atoms with van der Waals surface area (Å²) in [5.74, 6) is 2.96. The fraction of sp³-hybridized carbons (Fsp3) is 0.118. The van der Waals surface area contributed by atoms with Gasteiger partial charge in [-0.05, 0) is 50.2 Å². The normalized spacial score (nSPS) is 13.2. The van der Waals surface area contributed by atoms with E-state index >= 15 is 0 Å². The number of ether oxygens (including phenoxy) is 2. The fourth-order valence-corrected chi connectivity index (χ4v) is 6.61. The van der Waals surface area contributed by atoms with Crippen molar-refractivity contribution in [1.29, 1.82) is 0 Å². The van der Waals surface area contributed by atoms with Gasteiger partial charge in [-0.25, -0.2) is 9.98 Å². The minimum atomic E-state index is 0.687. The molecule has 2 aliphatic rings. The van der Waals surface area contributed by atoms with Gasteiger partial charge in [-0.15, -0.1) is 0 Å². The largest absolute Gasteiger partial charge is 0.452 e. The van der Waals surface area contributed by atoms with Gasteiger partial charge in [0, 0.05) is 47.0 Å². The van der Waals surface area contributed by atoms with E-state index in [1.54, 1.807) is 0 Å². The predicted molar refractivity (Wildman–Crippen MR) is 158 cm³/mol. The average molecular weight is 521 g/mol. The van der Waals surface area contributed by atoms with E-state index in [1.165, 1.54) is 21.8 Å². The molecule has 0 aliphatic carbocycles. The van der Waals surface area contributed by atoms with Crippen molar-refractivity contribution in [2.75, 3.05) is 0 Å². The summed E-state index contributed by atoms with van der Waals surface area (Å²) < 4.78 is 17.9. The van der Waals surface area contributed by atoms with Crippen LogP contribution in [-0.4, -0.2) is 9.13 Å². The molecule has 40 heavy (non-hydrogen) atoms. The third kappa shape index (κ3) is 2.72. The molecule has 0 unspecified atom stereocenters. The van der Waals surface area contributed by atoms with Gasteiger partial charge in [-0.2, -0.15) is 0 Å². The molecule has 0 N–H and O–H groups in total. The van der Waals surface area contributed by atoms with Crippen LogP contribution < -0.4 is 20.2 Å². The first-order valence-electron chi connectivity index (χ1n) is 13.8. The van der Waals surface area contributed by atoms with Gasteiger partial charge in [0.2, 0.25) is 0 Å². The van der Waals surface area contributed by atoms with Gasteiger partial charge in [0.25, 0.3) is 0 Å². The van der Waals surface area contributed by atoms with E-state index in [-0.39, 0.29) is 0 Å². The van der Waals surface area contributed by atoms with E-state index in [2.05, 4.69) is 95.8 Å². The highest BCUT2D eigenvalue weighted by molar-refractivity contribution is 6.14. The third-order valence-electron chi connectivity index (χ3n) is 8.32. The zero-order valence-electron chi connectivity index (χ0n) is 22.1. The lowest BCUT2D eigenvalue weighted by molar-refractivity contribution is 0.456. The van der Waals surface area contributed by atoms with Crippen LogP contribution in [0.3, 0.4) is 0 Å². The van der Waals surface area contributed by atoms with Gasteiger partial charge < -0.3 is 18.6 Å². The Balaban J connectivity index is 1.26. The predicted octanol–water partition coefficient (Wildman–Crippen LogP) is 8.06. The van der Waals surface area contributed by atoms with Gasteiger partial charge in [-0.1, -0.05) is 36.4 Å². The van der Waals surface area contributed by atoms with Gasteiger partial charge in [0.1, 0.15) is 22.1 Å². The number of benzene rings is 5. The van der Waals surface area contributed by atoms with E-state index in [0.29, 0.717) is 11.5 Å². The van der Waals surface area contributed by atoms with Crippen LogP contribution in [0.4, 0.5) is 11.4 Å². The maximum atomic E-state index is 6.63. The number of hydrogen-bond acceptors (Lipinski definition) is 4. The van der Waals surface area contributed by atoms with Crippen molar-refractivity contribution in [3.05, 3.63) is 95.6 Å². The van der Waals surface area contributed by atoms with Crippen LogP contribution >= 0.6 is 0 Å². The Morgan fingerprint density at radius 2 is 1.00 bits per heavy atom. The molecule has 7 aromatic rings. The van der Waals surface area contributed by atoms with E-state index in [0.717, 1.165) is 68.5 Å². The van der Waals surface area contributed by atoms with Crippen LogP contribution in [0.5, 0.6) is 23.0 Å². The Kier molecular flexibility index (Phi) is 4.21. The quantitative estimate of drug-likeness (QED) is 0.231. The van der Waals surface area contributed by atoms with Crippen molar-refractivity contribution < 1.29 is 9.47 Å². The molecule has 0 saturated heterocycles. The molecule has 6 heteroatoms. The Bertz CT molecular complexity index is 2190. The molecule has 0 saturated carbocycles. The molecular formula is C34H24N4O2. The summed E-state index contributed by atoms with van der Waals surface area (Å²) in [6, 6.07) is 29.3. The van der Waals surface area contributed by atoms with Crippen molar-refractivity contribution in [2.24, 2.45) is 9.98 Å². The number of para-hydroxylation sites is 2. The van der Waals surface area contributed by atoms with Gasteiger partial charge in [0.05, 0.1) is 21.8 Å². The number of aryl methyl sites for hydroxylation is 2. The molecule has 0 bridgehead atoms. The monoisotopic (exact) mass is 520 g/mol. The fourth-order valence-electron chi connectivity index (χ4n) is 6.61. The zero-order valence-corrected chi connectivity index (χ0v) is 22.1. The molecule has 0 spiro atoms. The molecule has 0 radical (unpaired) electrons. The molecular weight excluding hydrogens is 496 g/mol. The molecule has 0 amide bonds. The first kappa shape index (κ1) is 21.8. The standard InChI is InChI=1S/C34H24N4O2/c1-3-37-25-11-7-5-9-19(25)31-27(37)15-13-21-33(31)39-29-17-24-30(18-23(29)35-21)40-34-22(36-24)14-16-28-32(34)20-10-6-8-12-26(20)38(28)4-2/h5-18H,3-4H2,1-2H3. The second kappa shape index (κ2) is 7.73. The lowest BCUT2D eigenvalue weighted by Gasteiger charge is -2.19. The topological polar surface area (TPSA) is 53.0 Å². The first-order valence-corrected chi connectivity index (χ1v) is 13.8. The highest BCUT2D eigenvalue weighted by atomic mass is 16.5. The van der Waals surface area contributed by atoms with Crippen LogP contribution in [0, 0.1) is 0 Å². The van der Waals surface area contributed by atoms with Crippen LogP contribution in [0.2, 0.25) is 0 Å². The smallest absolute Gasteiger partial charge is 0.163 e. The minimum Gasteiger partial charge on any atom is -0.452 e. The molecule has 2 aromatic heterocycles. The minimum absolute atomic E-state index is 0.687. The number of hydrogen-bond donors (Lipinski definition) is 0. The molecule has 0 fully saturated rings. The zero-order chi connectivity index (χ0) is 26.5. The molecule has 2 aliphatic heterocycles. The highest BCUT2D eigenvalue weighted by Gasteiger charge is 2.25. The van der Waals surface area contributed by atoms with E-state index in [4.69, 9.17) is 19.5 Å². The van der Waals surface area contributed by atoms with Crippen molar-refractivity contribution in [1.82, 2.24) is 9.13 Å². The number of nitrogens with zero attached hydrogens (tertiary/aromatic N) is 4. The van der Waals surface area contributed by atoms with Crippen LogP contribution in [0.1, 0.15) is 13.8 Å². The SMILES string of the molecule is CCn1c2ccccc2c2c3c(ccc21)N=c1cc2c(cc1O3)=Nc1ccc3c(c1O2)c1ccccc1n3CC. The Hall–Kier alpha value is -5.10. The molecule has 4 heterocycles. The van der Waals surface area contributed by atoms with Crippen molar-refractivity contribution in [3.63, 3.8) is 0 Å². The lowest BCUT2D eigenvalue weighted by Crippen LogP contribution is -2.18. The maximum absolute atomic E-state index is 6.63. The molecule has 6 nitrogen and oxygen atoms in total. The van der Waals surface area contributed by atoms with Gasteiger partial charge >= 0.3 is 0 Å². The molecule has 5 aromatic carbocycles. The van der Waals surface area contributed by atoms with Crippen molar-refractivity contribution in [2.45, 2.75) is 26.9 Å². The summed E-state index contributed by atoms with van der Waals surface area (Å²) in [4.78, 5) is 10.1. The van der Waals surface area contributed by atoms with Gasteiger partial charge in [-0.3, -0.25) is 0 Å². The second-order valence-electron chi connectivity index (χ2n) is 10.4. The maximum Gasteiger partial charge on any atom is 0.163 e. The Morgan fingerprint density at radius 1 is 0.550 bits per heavy atom. The Labute approximate surface area is 229 Å². The number of aromatic nitrogens is 2. The van der Waals surface area contributed by atoms with E-state index < -0.39 is 0 Å². The summed E-state index contributed by atoms with van der Waals surface area (Å²) in [6.07, 6.45) is 0. The second-order valence-corrected chi connectivity index (χ2v) is 10.4. The van der Waals surface area contributed by atoms with E-state index in [1.807, 2.05) is 12.1 Å². The van der Waals surface area contributed by atoms with Gasteiger partial charge in [0.15, 0.2) is 23.0 Å². The third-order valence-corrected chi connectivity index (χ3v) is 8.32. The lowest BCUT2D eigenvalue weighted by atomic mass is 10.1. The first-order chi connectivity index (χ1) is 19.7.